The minimum absolute atomic E-state index is 0.0691. The third-order valence-corrected chi connectivity index (χ3v) is 14.8. The number of carbonyl (C=O) groups excluding carboxylic acids is 7. The van der Waals surface area contributed by atoms with Crippen LogP contribution in [-0.2, 0) is 43.9 Å². The number of carbonyl (C=O) groups is 8. The zero-order valence-corrected chi connectivity index (χ0v) is 35.0. The van der Waals surface area contributed by atoms with Gasteiger partial charge < -0.3 is 27.6 Å². The number of imide groups is 4. The van der Waals surface area contributed by atoms with Gasteiger partial charge in [-0.05, 0) is 61.9 Å². The Kier molecular flexibility index (Phi) is 16.0. The summed E-state index contributed by atoms with van der Waals surface area (Å²) >= 11 is 3.21. The summed E-state index contributed by atoms with van der Waals surface area (Å²) in [6.07, 6.45) is 3.50. The molecule has 1 spiro atoms. The standard InChI is InChI=1S/C40H58N6O9S2/c1-5-13-28(42)33(49)37(53)46(31(48)22-41,36(52)32(26-14-8-6-9-15-26)45(25(4)47)35(51)29(43)20-24(2)3)40(38(54)55,27-16-10-7-11-17-27)34(50)30-21-39(23-44-30)56-18-12-19-57-39/h7,10-11,16-17,24,26,28-30,32,44H,5-6,8-9,12-15,18-23,41-43H2,1-4H3/p+1/t28-,29-,30?,32?,40-,46?/m0/s1. The summed E-state index contributed by atoms with van der Waals surface area (Å²) in [5, 5.41) is 14.9. The zero-order valence-electron chi connectivity index (χ0n) is 33.4. The molecule has 1 saturated carbocycles. The molecule has 57 heavy (non-hydrogen) atoms. The summed E-state index contributed by atoms with van der Waals surface area (Å²) in [7, 11) is 0. The first-order chi connectivity index (χ1) is 27.0. The largest absolute Gasteiger partial charge is 0.476 e. The normalized spacial score (nSPS) is 22.1. The Balaban J connectivity index is 2.19. The number of rotatable bonds is 16. The fourth-order valence-electron chi connectivity index (χ4n) is 8.75. The molecule has 2 saturated heterocycles. The molecule has 3 aliphatic rings. The minimum atomic E-state index is -3.49. The summed E-state index contributed by atoms with van der Waals surface area (Å²) in [6.45, 7) is 5.40. The third-order valence-electron chi connectivity index (χ3n) is 11.4. The first kappa shape index (κ1) is 46.4. The van der Waals surface area contributed by atoms with Gasteiger partial charge in [-0.15, -0.1) is 28.0 Å². The van der Waals surface area contributed by atoms with Crippen molar-refractivity contribution in [3.05, 3.63) is 35.9 Å². The lowest BCUT2D eigenvalue weighted by molar-refractivity contribution is -0.746. The van der Waals surface area contributed by atoms with Crippen LogP contribution in [0.3, 0.4) is 0 Å². The number of nitrogens with one attached hydrogen (secondary N) is 1. The number of ketones is 2. The number of hydrogen-bond donors (Lipinski definition) is 5. The summed E-state index contributed by atoms with van der Waals surface area (Å²) in [6, 6.07) is 0.414. The zero-order chi connectivity index (χ0) is 42.3. The summed E-state index contributed by atoms with van der Waals surface area (Å²) < 4.78 is -3.14. The number of nitrogens with two attached hydrogens (primary N) is 3. The Morgan fingerprint density at radius 3 is 2.11 bits per heavy atom. The van der Waals surface area contributed by atoms with Crippen LogP contribution in [-0.4, -0.2) is 114 Å². The molecule has 5 amide bonds. The molecule has 4 rings (SSSR count). The van der Waals surface area contributed by atoms with E-state index < -0.39 is 103 Å². The van der Waals surface area contributed by atoms with Crippen LogP contribution in [0.2, 0.25) is 0 Å². The molecule has 2 heterocycles. The highest BCUT2D eigenvalue weighted by atomic mass is 32.2. The highest BCUT2D eigenvalue weighted by molar-refractivity contribution is 8.18. The second kappa shape index (κ2) is 19.6. The molecular formula is C40H59N6O9S2+. The van der Waals surface area contributed by atoms with E-state index in [-0.39, 0.29) is 51.0 Å². The number of Topliss-reactive ketones (excluding diaryl/α,β-unsaturated/α-hetero) is 2. The van der Waals surface area contributed by atoms with Gasteiger partial charge in [-0.25, -0.2) is 19.2 Å². The van der Waals surface area contributed by atoms with Gasteiger partial charge in [-0.3, -0.25) is 24.1 Å². The predicted octanol–water partition coefficient (Wildman–Crippen LogP) is 2.21. The van der Waals surface area contributed by atoms with E-state index in [1.807, 2.05) is 0 Å². The van der Waals surface area contributed by atoms with Crippen LogP contribution < -0.4 is 22.5 Å². The molecule has 2 aliphatic heterocycles. The van der Waals surface area contributed by atoms with Crippen LogP contribution >= 0.6 is 23.5 Å². The van der Waals surface area contributed by atoms with E-state index in [1.165, 1.54) is 30.3 Å². The number of nitrogens with zero attached hydrogens (tertiary/aromatic N) is 2. The number of carboxylic acid groups (broad SMARTS) is 1. The van der Waals surface area contributed by atoms with Gasteiger partial charge >= 0.3 is 29.2 Å². The first-order valence-corrected chi connectivity index (χ1v) is 21.9. The number of thioether (sulfide) groups is 2. The number of aliphatic carboxylic acids is 1. The van der Waals surface area contributed by atoms with Gasteiger partial charge in [0.05, 0.1) is 22.2 Å². The Morgan fingerprint density at radius 2 is 1.58 bits per heavy atom. The molecule has 0 radical (unpaired) electrons. The van der Waals surface area contributed by atoms with E-state index in [2.05, 4.69) is 5.32 Å². The highest BCUT2D eigenvalue weighted by Gasteiger charge is 2.78. The van der Waals surface area contributed by atoms with Crippen molar-refractivity contribution < 1.29 is 47.9 Å². The number of amides is 5. The van der Waals surface area contributed by atoms with Crippen LogP contribution in [0.25, 0.3) is 0 Å². The Labute approximate surface area is 342 Å². The molecule has 15 nitrogen and oxygen atoms in total. The van der Waals surface area contributed by atoms with Gasteiger partial charge in [0.2, 0.25) is 17.6 Å². The van der Waals surface area contributed by atoms with E-state index in [1.54, 1.807) is 44.3 Å². The maximum absolute atomic E-state index is 16.3. The number of carboxylic acids is 1. The van der Waals surface area contributed by atoms with Crippen molar-refractivity contribution in [1.29, 1.82) is 0 Å². The van der Waals surface area contributed by atoms with Crippen molar-refractivity contribution in [2.45, 2.75) is 126 Å². The molecule has 0 aromatic heterocycles. The summed E-state index contributed by atoms with van der Waals surface area (Å²) in [4.78, 5) is 120. The van der Waals surface area contributed by atoms with Gasteiger partial charge in [0, 0.05) is 19.0 Å². The minimum Gasteiger partial charge on any atom is -0.476 e. The second-order valence-corrected chi connectivity index (χ2v) is 19.0. The average molecular weight is 832 g/mol. The van der Waals surface area contributed by atoms with Crippen molar-refractivity contribution in [1.82, 2.24) is 10.2 Å². The number of quaternary nitrogens is 1. The Hall–Kier alpha value is -3.32. The van der Waals surface area contributed by atoms with Crippen LogP contribution in [0, 0.1) is 11.8 Å². The molecule has 3 fully saturated rings. The van der Waals surface area contributed by atoms with E-state index >= 15 is 19.2 Å². The van der Waals surface area contributed by atoms with Gasteiger partial charge in [0.25, 0.3) is 5.78 Å². The van der Waals surface area contributed by atoms with Gasteiger partial charge in [-0.2, -0.15) is 0 Å². The molecule has 0 bridgehead atoms. The maximum Gasteiger partial charge on any atom is 0.400 e. The molecule has 1 aromatic carbocycles. The maximum atomic E-state index is 16.3. The van der Waals surface area contributed by atoms with Crippen LogP contribution in [0.5, 0.6) is 0 Å². The molecule has 3 unspecified atom stereocenters. The molecule has 1 aromatic rings. The van der Waals surface area contributed by atoms with Crippen LogP contribution in [0.15, 0.2) is 30.3 Å². The Bertz CT molecular complexity index is 1700. The van der Waals surface area contributed by atoms with Gasteiger partial charge in [0.1, 0.15) is 6.54 Å². The molecule has 17 heteroatoms. The summed E-state index contributed by atoms with van der Waals surface area (Å²) in [5.74, 6) is -11.3. The first-order valence-electron chi connectivity index (χ1n) is 19.9. The van der Waals surface area contributed by atoms with Gasteiger partial charge in [-0.1, -0.05) is 76.8 Å². The van der Waals surface area contributed by atoms with Crippen molar-refractivity contribution in [3.63, 3.8) is 0 Å². The fraction of sp³-hybridized carbons (Fsp3) is 0.650. The number of benzene rings is 1. The lowest BCUT2D eigenvalue weighted by Crippen LogP contribution is -2.83. The highest BCUT2D eigenvalue weighted by Crippen LogP contribution is 2.50. The lowest BCUT2D eigenvalue weighted by atomic mass is 9.74. The molecule has 1 aliphatic carbocycles. The van der Waals surface area contributed by atoms with Crippen molar-refractivity contribution in [2.75, 3.05) is 24.6 Å². The van der Waals surface area contributed by atoms with E-state index in [0.717, 1.165) is 31.3 Å². The molecular weight excluding hydrogens is 773 g/mol. The SMILES string of the molecule is CCC[C@H](N)C(=O)C(=O)[N+](C(=O)CN)(C(=O)C(C1CCCCC1)N(C(C)=O)C(=O)[C@@H](N)CC(C)C)[C@](C(=O)O)(C(=O)C1CC2(CN1)SCCCS2)c1ccccc1. The van der Waals surface area contributed by atoms with Crippen molar-refractivity contribution in [3.8, 4) is 0 Å². The molecule has 6 atom stereocenters. The topological polar surface area (TPSA) is 250 Å². The van der Waals surface area contributed by atoms with Crippen LogP contribution in [0.4, 0.5) is 0 Å². The molecule has 8 N–H and O–H groups in total. The lowest BCUT2D eigenvalue weighted by Gasteiger charge is -2.47. The van der Waals surface area contributed by atoms with E-state index in [0.29, 0.717) is 17.7 Å². The van der Waals surface area contributed by atoms with Gasteiger partial charge in [0.15, 0.2) is 6.04 Å². The molecule has 314 valence electrons. The summed E-state index contributed by atoms with van der Waals surface area (Å²) in [5.41, 5.74) is 14.8. The third kappa shape index (κ3) is 8.85. The van der Waals surface area contributed by atoms with Crippen LogP contribution in [0.1, 0.15) is 97.5 Å². The van der Waals surface area contributed by atoms with Crippen molar-refractivity contribution >= 4 is 70.6 Å². The average Bonchev–Trinajstić information content (AvgIpc) is 3.60. The quantitative estimate of drug-likeness (QED) is 0.0910. The van der Waals surface area contributed by atoms with E-state index in [4.69, 9.17) is 17.2 Å². The van der Waals surface area contributed by atoms with Crippen molar-refractivity contribution in [2.24, 2.45) is 29.0 Å². The Morgan fingerprint density at radius 1 is 0.965 bits per heavy atom. The van der Waals surface area contributed by atoms with E-state index in [9.17, 15) is 24.3 Å². The monoisotopic (exact) mass is 831 g/mol. The second-order valence-electron chi connectivity index (χ2n) is 15.8. The number of hydrogen-bond acceptors (Lipinski definition) is 14. The fourth-order valence-corrected chi connectivity index (χ4v) is 12.0. The smallest absolute Gasteiger partial charge is 0.400 e. The predicted molar refractivity (Wildman–Crippen MR) is 217 cm³/mol.